The van der Waals surface area contributed by atoms with E-state index in [4.69, 9.17) is 11.6 Å². The molecule has 1 heterocycles. The van der Waals surface area contributed by atoms with Gasteiger partial charge in [0, 0.05) is 6.42 Å². The fourth-order valence-electron chi connectivity index (χ4n) is 1.80. The molecular weight excluding hydrogens is 264 g/mol. The van der Waals surface area contributed by atoms with E-state index in [-0.39, 0.29) is 0 Å². The molecule has 0 bridgehead atoms. The molecule has 4 nitrogen and oxygen atoms in total. The van der Waals surface area contributed by atoms with Crippen LogP contribution >= 0.6 is 11.6 Å². The topological polar surface area (TPSA) is 63.1 Å². The highest BCUT2D eigenvalue weighted by Crippen LogP contribution is 2.21. The average Bonchev–Trinajstić information content (AvgIpc) is 2.39. The molecular formula is C14H13ClN2O2. The van der Waals surface area contributed by atoms with Crippen LogP contribution in [0.2, 0.25) is 5.15 Å². The van der Waals surface area contributed by atoms with Gasteiger partial charge < -0.3 is 5.11 Å². The molecule has 0 saturated carbocycles. The van der Waals surface area contributed by atoms with Crippen LogP contribution in [0.5, 0.6) is 0 Å². The minimum Gasteiger partial charge on any atom is -0.481 e. The summed E-state index contributed by atoms with van der Waals surface area (Å²) in [6.07, 6.45) is 3.22. The number of rotatable bonds is 4. The second kappa shape index (κ2) is 5.80. The zero-order valence-electron chi connectivity index (χ0n) is 10.4. The summed E-state index contributed by atoms with van der Waals surface area (Å²) in [4.78, 5) is 19.4. The van der Waals surface area contributed by atoms with Gasteiger partial charge >= 0.3 is 5.97 Å². The van der Waals surface area contributed by atoms with Gasteiger partial charge in [0.15, 0.2) is 0 Å². The second-order valence-electron chi connectivity index (χ2n) is 4.34. The number of halogens is 1. The number of aromatic nitrogens is 2. The number of carboxylic acids is 1. The van der Waals surface area contributed by atoms with Crippen molar-refractivity contribution in [2.24, 2.45) is 0 Å². The summed E-state index contributed by atoms with van der Waals surface area (Å²) in [6.45, 7) is 1.96. The summed E-state index contributed by atoms with van der Waals surface area (Å²) in [5.74, 6) is -1.50. The smallest absolute Gasteiger partial charge is 0.311 e. The zero-order chi connectivity index (χ0) is 13.8. The third-order valence-corrected chi connectivity index (χ3v) is 3.06. The first-order valence-electron chi connectivity index (χ1n) is 5.82. The van der Waals surface area contributed by atoms with Gasteiger partial charge in [0.05, 0.1) is 24.0 Å². The second-order valence-corrected chi connectivity index (χ2v) is 4.72. The lowest BCUT2D eigenvalue weighted by atomic mass is 9.94. The largest absolute Gasteiger partial charge is 0.481 e. The van der Waals surface area contributed by atoms with Crippen molar-refractivity contribution >= 4 is 17.6 Å². The number of nitrogens with zero attached hydrogens (tertiary/aromatic N) is 2. The van der Waals surface area contributed by atoms with Gasteiger partial charge in [-0.2, -0.15) is 0 Å². The van der Waals surface area contributed by atoms with Crippen molar-refractivity contribution in [2.45, 2.75) is 19.3 Å². The first kappa shape index (κ1) is 13.5. The molecule has 2 rings (SSSR count). The predicted molar refractivity (Wildman–Crippen MR) is 72.3 cm³/mol. The first-order valence-corrected chi connectivity index (χ1v) is 6.20. The van der Waals surface area contributed by atoms with Crippen LogP contribution in [0.15, 0.2) is 36.7 Å². The van der Waals surface area contributed by atoms with Crippen LogP contribution in [0.3, 0.4) is 0 Å². The lowest BCUT2D eigenvalue weighted by Crippen LogP contribution is -2.15. The molecule has 0 amide bonds. The molecule has 1 aromatic heterocycles. The van der Waals surface area contributed by atoms with E-state index in [0.717, 1.165) is 11.1 Å². The van der Waals surface area contributed by atoms with Crippen molar-refractivity contribution in [3.8, 4) is 0 Å². The molecule has 1 unspecified atom stereocenters. The van der Waals surface area contributed by atoms with Gasteiger partial charge in [0.1, 0.15) is 5.15 Å². The van der Waals surface area contributed by atoms with Crippen molar-refractivity contribution in [3.05, 3.63) is 58.6 Å². The van der Waals surface area contributed by atoms with E-state index < -0.39 is 11.9 Å². The van der Waals surface area contributed by atoms with Crippen molar-refractivity contribution in [1.29, 1.82) is 0 Å². The van der Waals surface area contributed by atoms with Crippen LogP contribution in [0, 0.1) is 6.92 Å². The van der Waals surface area contributed by atoms with Gasteiger partial charge in [-0.15, -0.1) is 0 Å². The Morgan fingerprint density at radius 2 is 1.95 bits per heavy atom. The maximum Gasteiger partial charge on any atom is 0.311 e. The number of aryl methyl sites for hydroxylation is 1. The summed E-state index contributed by atoms with van der Waals surface area (Å²) in [5.41, 5.74) is 2.46. The number of aliphatic carboxylic acids is 1. The Hall–Kier alpha value is -1.94. The standard InChI is InChI=1S/C14H13ClN2O2/c1-9-2-4-10(5-3-9)12(14(18)19)6-11-7-17-13(15)8-16-11/h2-5,7-8,12H,6H2,1H3,(H,18,19). The fourth-order valence-corrected chi connectivity index (χ4v) is 1.90. The van der Waals surface area contributed by atoms with Crippen LogP contribution in [0.25, 0.3) is 0 Å². The van der Waals surface area contributed by atoms with Gasteiger partial charge in [-0.3, -0.25) is 9.78 Å². The SMILES string of the molecule is Cc1ccc(C(Cc2cnc(Cl)cn2)C(=O)O)cc1. The van der Waals surface area contributed by atoms with Crippen LogP contribution in [-0.4, -0.2) is 21.0 Å². The number of benzene rings is 1. The summed E-state index contributed by atoms with van der Waals surface area (Å²) in [6, 6.07) is 7.46. The molecule has 19 heavy (non-hydrogen) atoms. The van der Waals surface area contributed by atoms with Gasteiger partial charge in [-0.25, -0.2) is 4.98 Å². The van der Waals surface area contributed by atoms with Gasteiger partial charge in [0.25, 0.3) is 0 Å². The third-order valence-electron chi connectivity index (χ3n) is 2.86. The molecule has 0 radical (unpaired) electrons. The fraction of sp³-hybridized carbons (Fsp3) is 0.214. The summed E-state index contributed by atoms with van der Waals surface area (Å²) < 4.78 is 0. The molecule has 0 fully saturated rings. The van der Waals surface area contributed by atoms with E-state index in [0.29, 0.717) is 17.3 Å². The minimum atomic E-state index is -0.874. The minimum absolute atomic E-state index is 0.294. The van der Waals surface area contributed by atoms with Crippen molar-refractivity contribution in [3.63, 3.8) is 0 Å². The summed E-state index contributed by atoms with van der Waals surface area (Å²) in [5, 5.41) is 9.63. The summed E-state index contributed by atoms with van der Waals surface area (Å²) in [7, 11) is 0. The Morgan fingerprint density at radius 1 is 1.26 bits per heavy atom. The molecule has 0 saturated heterocycles. The van der Waals surface area contributed by atoms with Crippen LogP contribution in [0.4, 0.5) is 0 Å². The molecule has 0 aliphatic rings. The van der Waals surface area contributed by atoms with Crippen molar-refractivity contribution in [1.82, 2.24) is 9.97 Å². The monoisotopic (exact) mass is 276 g/mol. The number of carbonyl (C=O) groups is 1. The summed E-state index contributed by atoms with van der Waals surface area (Å²) >= 11 is 5.66. The maximum atomic E-state index is 11.4. The quantitative estimate of drug-likeness (QED) is 0.933. The van der Waals surface area contributed by atoms with Crippen LogP contribution in [-0.2, 0) is 11.2 Å². The van der Waals surface area contributed by atoms with E-state index >= 15 is 0 Å². The maximum absolute atomic E-state index is 11.4. The lowest BCUT2D eigenvalue weighted by Gasteiger charge is -2.12. The predicted octanol–water partition coefficient (Wildman–Crippen LogP) is 2.85. The Balaban J connectivity index is 2.23. The third kappa shape index (κ3) is 3.51. The van der Waals surface area contributed by atoms with E-state index in [2.05, 4.69) is 9.97 Å². The molecule has 1 atom stereocenters. The Labute approximate surface area is 116 Å². The Kier molecular flexibility index (Phi) is 4.12. The molecule has 0 aliphatic carbocycles. The van der Waals surface area contributed by atoms with Gasteiger partial charge in [0.2, 0.25) is 0 Å². The molecule has 0 spiro atoms. The van der Waals surface area contributed by atoms with Crippen molar-refractivity contribution in [2.75, 3.05) is 0 Å². The Morgan fingerprint density at radius 3 is 2.47 bits per heavy atom. The number of hydrogen-bond donors (Lipinski definition) is 1. The van der Waals surface area contributed by atoms with Crippen molar-refractivity contribution < 1.29 is 9.90 Å². The van der Waals surface area contributed by atoms with Gasteiger partial charge in [-0.1, -0.05) is 41.4 Å². The molecule has 2 aromatic rings. The highest BCUT2D eigenvalue weighted by atomic mass is 35.5. The first-order chi connectivity index (χ1) is 9.06. The van der Waals surface area contributed by atoms with E-state index in [9.17, 15) is 9.90 Å². The normalized spacial score (nSPS) is 12.1. The highest BCUT2D eigenvalue weighted by molar-refractivity contribution is 6.29. The lowest BCUT2D eigenvalue weighted by molar-refractivity contribution is -0.138. The van der Waals surface area contributed by atoms with Crippen LogP contribution < -0.4 is 0 Å². The van der Waals surface area contributed by atoms with Gasteiger partial charge in [-0.05, 0) is 12.5 Å². The molecule has 1 N–H and O–H groups in total. The molecule has 5 heteroatoms. The highest BCUT2D eigenvalue weighted by Gasteiger charge is 2.21. The average molecular weight is 277 g/mol. The Bertz CT molecular complexity index is 567. The number of carboxylic acid groups (broad SMARTS) is 1. The van der Waals surface area contributed by atoms with E-state index in [1.807, 2.05) is 31.2 Å². The molecule has 0 aliphatic heterocycles. The molecule has 98 valence electrons. The van der Waals surface area contributed by atoms with Crippen LogP contribution in [0.1, 0.15) is 22.7 Å². The zero-order valence-corrected chi connectivity index (χ0v) is 11.1. The van der Waals surface area contributed by atoms with E-state index in [1.165, 1.54) is 12.4 Å². The molecule has 1 aromatic carbocycles. The van der Waals surface area contributed by atoms with E-state index in [1.54, 1.807) is 0 Å². The number of hydrogen-bond acceptors (Lipinski definition) is 3.